The zero-order chi connectivity index (χ0) is 22.6. The normalized spacial score (nSPS) is 21.7. The number of piperazine rings is 1. The van der Waals surface area contributed by atoms with Crippen LogP contribution in [0.4, 0.5) is 10.1 Å². The van der Waals surface area contributed by atoms with Crippen LogP contribution in [-0.2, 0) is 17.8 Å². The molecule has 6 nitrogen and oxygen atoms in total. The maximum absolute atomic E-state index is 14.0. The largest absolute Gasteiger partial charge is 0.348 e. The molecule has 34 heavy (non-hydrogen) atoms. The molecule has 1 amide bonds. The van der Waals surface area contributed by atoms with Gasteiger partial charge in [0.1, 0.15) is 24.8 Å². The lowest BCUT2D eigenvalue weighted by molar-refractivity contribution is -0.136. The molecule has 1 saturated heterocycles. The van der Waals surface area contributed by atoms with Crippen molar-refractivity contribution in [1.29, 1.82) is 5.26 Å². The number of halogens is 4. The van der Waals surface area contributed by atoms with E-state index in [2.05, 4.69) is 21.4 Å². The fourth-order valence-electron chi connectivity index (χ4n) is 4.45. The first kappa shape index (κ1) is 27.8. The number of aromatic amines is 1. The molecule has 0 bridgehead atoms. The second kappa shape index (κ2) is 12.3. The molecule has 2 aromatic carbocycles. The van der Waals surface area contributed by atoms with E-state index in [4.69, 9.17) is 16.9 Å². The van der Waals surface area contributed by atoms with E-state index in [0.717, 1.165) is 16.9 Å². The molecule has 3 atom stereocenters. The van der Waals surface area contributed by atoms with Crippen molar-refractivity contribution < 1.29 is 9.18 Å². The smallest absolute Gasteiger partial charge is 0.336 e. The Balaban J connectivity index is 0.00000204. The molecule has 3 aromatic rings. The van der Waals surface area contributed by atoms with Gasteiger partial charge in [0.2, 0.25) is 0 Å². The zero-order valence-electron chi connectivity index (χ0n) is 18.3. The van der Waals surface area contributed by atoms with Gasteiger partial charge < -0.3 is 4.98 Å². The predicted molar refractivity (Wildman–Crippen MR) is 136 cm³/mol. The fourth-order valence-corrected chi connectivity index (χ4v) is 4.63. The SMILES string of the molecule is Cl.Cl.N#Cc1ccc(C[N+]2(c3cccc(Cl)c3)C[C@H](CCF)NC(Cc3cnc[nH]3)C2=O)cc1. The molecule has 0 spiro atoms. The Bertz CT molecular complexity index is 1120. The van der Waals surface area contributed by atoms with Crippen LogP contribution in [0.15, 0.2) is 61.1 Å². The minimum absolute atomic E-state index is 0. The van der Waals surface area contributed by atoms with Crippen molar-refractivity contribution in [2.75, 3.05) is 13.2 Å². The number of hydrogen-bond acceptors (Lipinski definition) is 4. The van der Waals surface area contributed by atoms with E-state index in [1.165, 1.54) is 0 Å². The first-order valence-electron chi connectivity index (χ1n) is 10.5. The van der Waals surface area contributed by atoms with E-state index in [1.807, 2.05) is 30.3 Å². The molecule has 10 heteroatoms. The number of benzene rings is 2. The minimum atomic E-state index is -0.516. The lowest BCUT2D eigenvalue weighted by Crippen LogP contribution is -2.71. The Labute approximate surface area is 215 Å². The zero-order valence-corrected chi connectivity index (χ0v) is 20.7. The summed E-state index contributed by atoms with van der Waals surface area (Å²) in [5.74, 6) is -0.0127. The summed E-state index contributed by atoms with van der Waals surface area (Å²) < 4.78 is 13.4. The lowest BCUT2D eigenvalue weighted by Gasteiger charge is -2.45. The number of amides is 1. The molecule has 1 aromatic heterocycles. The Hall–Kier alpha value is -2.47. The van der Waals surface area contributed by atoms with Crippen LogP contribution in [0.25, 0.3) is 0 Å². The van der Waals surface area contributed by atoms with Gasteiger partial charge in [-0.05, 0) is 30.7 Å². The number of carbonyl (C=O) groups excluding carboxylic acids is 1. The summed E-state index contributed by atoms with van der Waals surface area (Å²) in [5, 5.41) is 13.0. The van der Waals surface area contributed by atoms with Crippen LogP contribution in [0.5, 0.6) is 0 Å². The number of quaternary nitrogens is 1. The van der Waals surface area contributed by atoms with Crippen molar-refractivity contribution in [1.82, 2.24) is 19.8 Å². The standard InChI is InChI=1S/C24H24ClFN5O.2ClH/c25-19-2-1-3-22(10-19)31(14-18-6-4-17(12-27)5-7-18)15-20(8-9-26)30-23(24(31)32)11-21-13-28-16-29-21;;/h1-7,10,13,16,20,23,30H,8-9,11,14-15H2,(H,28,29);2*1H/q+1;;/t20-,23?,31?;;/m0../s1. The van der Waals surface area contributed by atoms with Gasteiger partial charge in [-0.1, -0.05) is 29.8 Å². The van der Waals surface area contributed by atoms with Crippen LogP contribution >= 0.6 is 36.4 Å². The van der Waals surface area contributed by atoms with Crippen LogP contribution in [-0.4, -0.2) is 41.2 Å². The van der Waals surface area contributed by atoms with Crippen LogP contribution in [0, 0.1) is 11.3 Å². The summed E-state index contributed by atoms with van der Waals surface area (Å²) >= 11 is 6.32. The highest BCUT2D eigenvalue weighted by Gasteiger charge is 2.50. The monoisotopic (exact) mass is 524 g/mol. The Kier molecular flexibility index (Phi) is 10.0. The Morgan fingerprint density at radius 3 is 2.59 bits per heavy atom. The molecule has 0 aliphatic carbocycles. The molecule has 1 fully saturated rings. The second-order valence-electron chi connectivity index (χ2n) is 8.11. The molecule has 2 N–H and O–H groups in total. The van der Waals surface area contributed by atoms with Crippen molar-refractivity contribution in [2.24, 2.45) is 0 Å². The number of nitrogens with one attached hydrogen (secondary N) is 2. The summed E-state index contributed by atoms with van der Waals surface area (Å²) in [5.41, 5.74) is 3.08. The van der Waals surface area contributed by atoms with Crippen LogP contribution < -0.4 is 9.80 Å². The number of carbonyl (C=O) groups is 1. The first-order valence-corrected chi connectivity index (χ1v) is 10.9. The van der Waals surface area contributed by atoms with E-state index in [-0.39, 0.29) is 41.2 Å². The van der Waals surface area contributed by atoms with Crippen molar-refractivity contribution >= 4 is 48.0 Å². The average molecular weight is 526 g/mol. The van der Waals surface area contributed by atoms with Gasteiger partial charge in [-0.15, -0.1) is 24.8 Å². The number of imidazole rings is 1. The summed E-state index contributed by atoms with van der Waals surface area (Å²) in [6, 6.07) is 16.0. The van der Waals surface area contributed by atoms with Crippen LogP contribution in [0.2, 0.25) is 5.02 Å². The predicted octanol–water partition coefficient (Wildman–Crippen LogP) is 4.76. The molecule has 0 radical (unpaired) electrons. The van der Waals surface area contributed by atoms with Gasteiger partial charge in [0, 0.05) is 35.0 Å². The lowest BCUT2D eigenvalue weighted by atomic mass is 9.96. The maximum Gasteiger partial charge on any atom is 0.336 e. The maximum atomic E-state index is 14.0. The van der Waals surface area contributed by atoms with Crippen molar-refractivity contribution in [2.45, 2.75) is 31.5 Å². The van der Waals surface area contributed by atoms with Gasteiger partial charge in [0.15, 0.2) is 0 Å². The molecule has 0 saturated carbocycles. The molecular weight excluding hydrogens is 500 g/mol. The molecular formula is C24H26Cl3FN5O+. The molecule has 1 aliphatic heterocycles. The van der Waals surface area contributed by atoms with Crippen molar-refractivity contribution in [3.8, 4) is 6.07 Å². The van der Waals surface area contributed by atoms with Gasteiger partial charge in [0.25, 0.3) is 0 Å². The number of nitriles is 1. The quantitative estimate of drug-likeness (QED) is 0.436. The third-order valence-corrected chi connectivity index (χ3v) is 6.20. The number of H-pyrrole nitrogens is 1. The summed E-state index contributed by atoms with van der Waals surface area (Å²) in [6.07, 6.45) is 4.01. The minimum Gasteiger partial charge on any atom is -0.348 e. The third kappa shape index (κ3) is 5.96. The summed E-state index contributed by atoms with van der Waals surface area (Å²) in [7, 11) is 0. The third-order valence-electron chi connectivity index (χ3n) is 5.96. The van der Waals surface area contributed by atoms with E-state index >= 15 is 0 Å². The second-order valence-corrected chi connectivity index (χ2v) is 8.55. The van der Waals surface area contributed by atoms with Crippen molar-refractivity contribution in [3.05, 3.63) is 82.9 Å². The molecule has 4 rings (SSSR count). The van der Waals surface area contributed by atoms with E-state index < -0.39 is 12.7 Å². The van der Waals surface area contributed by atoms with Gasteiger partial charge in [0.05, 0.1) is 30.7 Å². The fraction of sp³-hybridized carbons (Fsp3) is 0.292. The summed E-state index contributed by atoms with van der Waals surface area (Å²) in [6.45, 7) is 0.312. The Morgan fingerprint density at radius 1 is 1.21 bits per heavy atom. The first-order chi connectivity index (χ1) is 15.5. The average Bonchev–Trinajstić information content (AvgIpc) is 3.31. The summed E-state index contributed by atoms with van der Waals surface area (Å²) in [4.78, 5) is 21.2. The number of hydrogen-bond donors (Lipinski definition) is 2. The van der Waals surface area contributed by atoms with E-state index in [0.29, 0.717) is 36.5 Å². The molecule has 180 valence electrons. The Morgan fingerprint density at radius 2 is 1.97 bits per heavy atom. The van der Waals surface area contributed by atoms with Gasteiger partial charge in [-0.2, -0.15) is 5.26 Å². The molecule has 1 aliphatic rings. The van der Waals surface area contributed by atoms with Crippen molar-refractivity contribution in [3.63, 3.8) is 0 Å². The molecule has 2 unspecified atom stereocenters. The topological polar surface area (TPSA) is 81.6 Å². The van der Waals surface area contributed by atoms with E-state index in [1.54, 1.807) is 30.7 Å². The van der Waals surface area contributed by atoms with Crippen LogP contribution in [0.1, 0.15) is 23.2 Å². The van der Waals surface area contributed by atoms with E-state index in [9.17, 15) is 9.18 Å². The molecule has 2 heterocycles. The van der Waals surface area contributed by atoms with Gasteiger partial charge in [-0.25, -0.2) is 14.3 Å². The van der Waals surface area contributed by atoms with Crippen LogP contribution in [0.3, 0.4) is 0 Å². The highest BCUT2D eigenvalue weighted by molar-refractivity contribution is 6.30. The number of nitrogens with zero attached hydrogens (tertiary/aromatic N) is 3. The van der Waals surface area contributed by atoms with Gasteiger partial charge in [-0.3, -0.25) is 9.71 Å². The highest BCUT2D eigenvalue weighted by atomic mass is 35.5. The number of rotatable bonds is 7. The number of aromatic nitrogens is 2. The number of alkyl halides is 1. The highest BCUT2D eigenvalue weighted by Crippen LogP contribution is 2.34. The van der Waals surface area contributed by atoms with Gasteiger partial charge >= 0.3 is 5.91 Å².